The molecular formula is C19H14N2O4. The molecule has 0 aromatic heterocycles. The number of benzene rings is 2. The van der Waals surface area contributed by atoms with E-state index in [1.807, 2.05) is 24.3 Å². The molecule has 1 heterocycles. The van der Waals surface area contributed by atoms with Crippen molar-refractivity contribution in [3.05, 3.63) is 80.9 Å². The normalized spacial score (nSPS) is 31.6. The molecule has 2 amide bonds. The third-order valence-corrected chi connectivity index (χ3v) is 6.08. The Morgan fingerprint density at radius 1 is 0.960 bits per heavy atom. The van der Waals surface area contributed by atoms with Gasteiger partial charge in [-0.15, -0.1) is 0 Å². The molecule has 1 saturated heterocycles. The second-order valence-corrected chi connectivity index (χ2v) is 6.91. The SMILES string of the molecule is CN1C(=O)C2C3c4ccccc4C([N+](=O)[O-])(c4ccccc43)C2C1=O. The molecule has 2 aromatic carbocycles. The molecule has 2 aromatic rings. The number of imide groups is 1. The van der Waals surface area contributed by atoms with Crippen LogP contribution in [-0.2, 0) is 15.1 Å². The highest BCUT2D eigenvalue weighted by Gasteiger charge is 2.74. The van der Waals surface area contributed by atoms with E-state index in [-0.39, 0.29) is 16.7 Å². The Hall–Kier alpha value is -3.02. The zero-order chi connectivity index (χ0) is 17.5. The average Bonchev–Trinajstić information content (AvgIpc) is 2.86. The van der Waals surface area contributed by atoms with Crippen LogP contribution in [0.2, 0.25) is 0 Å². The number of nitrogens with zero attached hydrogens (tertiary/aromatic N) is 2. The summed E-state index contributed by atoms with van der Waals surface area (Å²) in [4.78, 5) is 38.9. The monoisotopic (exact) mass is 334 g/mol. The van der Waals surface area contributed by atoms with Crippen molar-refractivity contribution in [2.24, 2.45) is 11.8 Å². The predicted molar refractivity (Wildman–Crippen MR) is 87.3 cm³/mol. The van der Waals surface area contributed by atoms with Gasteiger partial charge in [0.25, 0.3) is 5.54 Å². The van der Waals surface area contributed by atoms with E-state index < -0.39 is 23.3 Å². The van der Waals surface area contributed by atoms with Crippen molar-refractivity contribution < 1.29 is 14.5 Å². The third kappa shape index (κ3) is 1.34. The Bertz CT molecular complexity index is 935. The van der Waals surface area contributed by atoms with Gasteiger partial charge in [-0.05, 0) is 11.1 Å². The van der Waals surface area contributed by atoms with Crippen LogP contribution in [0.15, 0.2) is 48.5 Å². The fourth-order valence-corrected chi connectivity index (χ4v) is 5.19. The summed E-state index contributed by atoms with van der Waals surface area (Å²) in [6.45, 7) is 0. The topological polar surface area (TPSA) is 80.5 Å². The number of hydrogen-bond acceptors (Lipinski definition) is 4. The van der Waals surface area contributed by atoms with E-state index in [0.717, 1.165) is 16.0 Å². The Balaban J connectivity index is 1.98. The van der Waals surface area contributed by atoms with E-state index in [0.29, 0.717) is 11.1 Å². The lowest BCUT2D eigenvalue weighted by molar-refractivity contribution is -0.578. The lowest BCUT2D eigenvalue weighted by Gasteiger charge is -2.48. The highest BCUT2D eigenvalue weighted by Crippen LogP contribution is 2.63. The molecule has 4 aliphatic rings. The van der Waals surface area contributed by atoms with E-state index in [2.05, 4.69) is 0 Å². The summed E-state index contributed by atoms with van der Waals surface area (Å²) in [6.07, 6.45) is 0. The van der Waals surface area contributed by atoms with E-state index in [1.54, 1.807) is 24.3 Å². The first kappa shape index (κ1) is 14.3. The van der Waals surface area contributed by atoms with Crippen LogP contribution >= 0.6 is 0 Å². The maximum absolute atomic E-state index is 12.9. The fourth-order valence-electron chi connectivity index (χ4n) is 5.19. The van der Waals surface area contributed by atoms with Crippen LogP contribution < -0.4 is 0 Å². The molecule has 6 heteroatoms. The van der Waals surface area contributed by atoms with Crippen molar-refractivity contribution in [1.82, 2.24) is 4.90 Å². The summed E-state index contributed by atoms with van der Waals surface area (Å²) in [5.41, 5.74) is 0.957. The Morgan fingerprint density at radius 2 is 1.48 bits per heavy atom. The van der Waals surface area contributed by atoms with Crippen molar-refractivity contribution in [2.75, 3.05) is 7.05 Å². The van der Waals surface area contributed by atoms with Gasteiger partial charge >= 0.3 is 0 Å². The number of carbonyl (C=O) groups is 2. The van der Waals surface area contributed by atoms with Gasteiger partial charge < -0.3 is 0 Å². The molecule has 1 aliphatic heterocycles. The standard InChI is InChI=1S/C19H14N2O4/c1-20-17(22)15-14-10-6-2-4-8-12(10)19(21(24)25,16(15)18(20)23)13-9-5-3-7-11(13)14/h2-9,14-16H,1H3. The minimum absolute atomic E-state index is 0.319. The van der Waals surface area contributed by atoms with Crippen LogP contribution in [-0.4, -0.2) is 28.7 Å². The second-order valence-electron chi connectivity index (χ2n) is 6.91. The first-order valence-electron chi connectivity index (χ1n) is 8.16. The Morgan fingerprint density at radius 3 is 2.00 bits per heavy atom. The van der Waals surface area contributed by atoms with Gasteiger partial charge in [-0.3, -0.25) is 24.6 Å². The van der Waals surface area contributed by atoms with Gasteiger partial charge in [0, 0.05) is 29.0 Å². The van der Waals surface area contributed by atoms with Crippen LogP contribution in [0.4, 0.5) is 0 Å². The first-order valence-corrected chi connectivity index (χ1v) is 8.16. The van der Waals surface area contributed by atoms with E-state index in [1.165, 1.54) is 7.05 Å². The van der Waals surface area contributed by atoms with Crippen LogP contribution in [0.1, 0.15) is 28.2 Å². The fraction of sp³-hybridized carbons (Fsp3) is 0.263. The molecule has 0 saturated carbocycles. The molecular weight excluding hydrogens is 320 g/mol. The van der Waals surface area contributed by atoms with Crippen molar-refractivity contribution in [2.45, 2.75) is 11.5 Å². The molecule has 25 heavy (non-hydrogen) atoms. The minimum atomic E-state index is -1.70. The molecule has 0 radical (unpaired) electrons. The van der Waals surface area contributed by atoms with Gasteiger partial charge in [0.1, 0.15) is 5.92 Å². The highest BCUT2D eigenvalue weighted by atomic mass is 16.6. The predicted octanol–water partition coefficient (Wildman–Crippen LogP) is 1.90. The Labute approximate surface area is 143 Å². The lowest BCUT2D eigenvalue weighted by Crippen LogP contribution is -2.57. The molecule has 124 valence electrons. The third-order valence-electron chi connectivity index (χ3n) is 6.08. The molecule has 2 unspecified atom stereocenters. The summed E-state index contributed by atoms with van der Waals surface area (Å²) in [6, 6.07) is 14.3. The maximum Gasteiger partial charge on any atom is 0.284 e. The first-order chi connectivity index (χ1) is 12.0. The van der Waals surface area contributed by atoms with Crippen LogP contribution in [0.5, 0.6) is 0 Å². The average molecular weight is 334 g/mol. The van der Waals surface area contributed by atoms with Gasteiger partial charge in [0.15, 0.2) is 0 Å². The molecule has 1 fully saturated rings. The molecule has 0 spiro atoms. The molecule has 6 rings (SSSR count). The van der Waals surface area contributed by atoms with Crippen molar-refractivity contribution in [3.8, 4) is 0 Å². The summed E-state index contributed by atoms with van der Waals surface area (Å²) in [5, 5.41) is 12.5. The molecule has 2 atom stereocenters. The number of likely N-dealkylation sites (tertiary alicyclic amines) is 1. The van der Waals surface area contributed by atoms with Crippen LogP contribution in [0.25, 0.3) is 0 Å². The van der Waals surface area contributed by atoms with Gasteiger partial charge in [-0.1, -0.05) is 48.5 Å². The molecule has 6 nitrogen and oxygen atoms in total. The van der Waals surface area contributed by atoms with Gasteiger partial charge in [0.05, 0.1) is 5.92 Å². The quantitative estimate of drug-likeness (QED) is 0.453. The van der Waals surface area contributed by atoms with Crippen molar-refractivity contribution in [3.63, 3.8) is 0 Å². The molecule has 2 bridgehead atoms. The molecule has 0 N–H and O–H groups in total. The number of hydrogen-bond donors (Lipinski definition) is 0. The highest BCUT2D eigenvalue weighted by molar-refractivity contribution is 6.07. The van der Waals surface area contributed by atoms with Crippen LogP contribution in [0.3, 0.4) is 0 Å². The van der Waals surface area contributed by atoms with Gasteiger partial charge in [-0.25, -0.2) is 0 Å². The van der Waals surface area contributed by atoms with Crippen molar-refractivity contribution in [1.29, 1.82) is 0 Å². The largest absolute Gasteiger partial charge is 0.285 e. The smallest absolute Gasteiger partial charge is 0.284 e. The number of carbonyl (C=O) groups excluding carboxylic acids is 2. The zero-order valence-electron chi connectivity index (χ0n) is 13.4. The van der Waals surface area contributed by atoms with Crippen molar-refractivity contribution >= 4 is 11.8 Å². The number of rotatable bonds is 1. The zero-order valence-corrected chi connectivity index (χ0v) is 13.4. The second kappa shape index (κ2) is 4.33. The van der Waals surface area contributed by atoms with E-state index in [4.69, 9.17) is 0 Å². The summed E-state index contributed by atoms with van der Waals surface area (Å²) in [7, 11) is 1.42. The number of amides is 2. The summed E-state index contributed by atoms with van der Waals surface area (Å²) < 4.78 is 0. The van der Waals surface area contributed by atoms with Gasteiger partial charge in [0.2, 0.25) is 11.8 Å². The maximum atomic E-state index is 12.9. The number of nitro groups is 1. The Kier molecular flexibility index (Phi) is 2.48. The summed E-state index contributed by atoms with van der Waals surface area (Å²) >= 11 is 0. The summed E-state index contributed by atoms with van der Waals surface area (Å²) in [5.74, 6) is -2.81. The van der Waals surface area contributed by atoms with Crippen LogP contribution in [0, 0.1) is 22.0 Å². The van der Waals surface area contributed by atoms with Gasteiger partial charge in [-0.2, -0.15) is 0 Å². The molecule has 3 aliphatic carbocycles. The lowest BCUT2D eigenvalue weighted by atomic mass is 9.51. The van der Waals surface area contributed by atoms with E-state index >= 15 is 0 Å². The minimum Gasteiger partial charge on any atom is -0.285 e. The van der Waals surface area contributed by atoms with E-state index in [9.17, 15) is 19.7 Å².